The monoisotopic (exact) mass is 232 g/mol. The first kappa shape index (κ1) is 11.0. The molecule has 4 heteroatoms. The van der Waals surface area contributed by atoms with E-state index in [1.165, 1.54) is 44.6 Å². The van der Waals surface area contributed by atoms with Gasteiger partial charge < -0.3 is 9.80 Å². The molecule has 1 aromatic rings. The molecule has 0 saturated carbocycles. The first-order chi connectivity index (χ1) is 8.19. The van der Waals surface area contributed by atoms with E-state index in [4.69, 9.17) is 0 Å². The SMILES string of the molecule is Cc1cncnc1N1CC2(CCN(C)CC2)C1. The van der Waals surface area contributed by atoms with E-state index in [1.54, 1.807) is 6.33 Å². The van der Waals surface area contributed by atoms with Gasteiger partial charge in [-0.15, -0.1) is 0 Å². The first-order valence-electron chi connectivity index (χ1n) is 6.39. The van der Waals surface area contributed by atoms with Crippen LogP contribution in [-0.4, -0.2) is 48.1 Å². The molecule has 0 bridgehead atoms. The molecule has 2 aliphatic rings. The van der Waals surface area contributed by atoms with Gasteiger partial charge in [0.15, 0.2) is 0 Å². The number of likely N-dealkylation sites (tertiary alicyclic amines) is 1. The van der Waals surface area contributed by atoms with Gasteiger partial charge in [0.1, 0.15) is 12.1 Å². The van der Waals surface area contributed by atoms with Gasteiger partial charge in [-0.05, 0) is 39.9 Å². The Labute approximate surface area is 103 Å². The van der Waals surface area contributed by atoms with Crippen LogP contribution in [0.1, 0.15) is 18.4 Å². The van der Waals surface area contributed by atoms with Crippen molar-refractivity contribution in [2.45, 2.75) is 19.8 Å². The zero-order chi connectivity index (χ0) is 11.9. The van der Waals surface area contributed by atoms with Crippen LogP contribution in [0.3, 0.4) is 0 Å². The fraction of sp³-hybridized carbons (Fsp3) is 0.692. The smallest absolute Gasteiger partial charge is 0.134 e. The third kappa shape index (κ3) is 1.90. The van der Waals surface area contributed by atoms with Gasteiger partial charge in [-0.1, -0.05) is 0 Å². The summed E-state index contributed by atoms with van der Waals surface area (Å²) in [5.74, 6) is 1.13. The summed E-state index contributed by atoms with van der Waals surface area (Å²) in [6.45, 7) is 6.94. The maximum absolute atomic E-state index is 4.40. The van der Waals surface area contributed by atoms with E-state index < -0.39 is 0 Å². The minimum absolute atomic E-state index is 0.573. The number of nitrogens with zero attached hydrogens (tertiary/aromatic N) is 4. The number of hydrogen-bond acceptors (Lipinski definition) is 4. The molecule has 92 valence electrons. The van der Waals surface area contributed by atoms with Crippen molar-refractivity contribution in [1.29, 1.82) is 0 Å². The number of piperidine rings is 1. The highest BCUT2D eigenvalue weighted by Crippen LogP contribution is 2.42. The zero-order valence-corrected chi connectivity index (χ0v) is 10.7. The number of hydrogen-bond donors (Lipinski definition) is 0. The minimum atomic E-state index is 0.573. The van der Waals surface area contributed by atoms with Crippen LogP contribution in [0.15, 0.2) is 12.5 Å². The second-order valence-electron chi connectivity index (χ2n) is 5.69. The van der Waals surface area contributed by atoms with Crippen LogP contribution in [0, 0.1) is 12.3 Å². The Morgan fingerprint density at radius 1 is 1.24 bits per heavy atom. The molecular weight excluding hydrogens is 212 g/mol. The van der Waals surface area contributed by atoms with Crippen LogP contribution in [0.5, 0.6) is 0 Å². The molecule has 4 nitrogen and oxygen atoms in total. The average molecular weight is 232 g/mol. The highest BCUT2D eigenvalue weighted by atomic mass is 15.3. The number of anilines is 1. The predicted octanol–water partition coefficient (Wildman–Crippen LogP) is 1.32. The van der Waals surface area contributed by atoms with Gasteiger partial charge in [-0.25, -0.2) is 9.97 Å². The molecule has 0 N–H and O–H groups in total. The van der Waals surface area contributed by atoms with Crippen molar-refractivity contribution in [1.82, 2.24) is 14.9 Å². The lowest BCUT2D eigenvalue weighted by Crippen LogP contribution is -2.60. The van der Waals surface area contributed by atoms with Gasteiger partial charge in [0.25, 0.3) is 0 Å². The molecule has 0 amide bonds. The summed E-state index contributed by atoms with van der Waals surface area (Å²) in [5.41, 5.74) is 1.76. The van der Waals surface area contributed by atoms with E-state index >= 15 is 0 Å². The fourth-order valence-electron chi connectivity index (χ4n) is 3.05. The molecule has 3 rings (SSSR count). The van der Waals surface area contributed by atoms with E-state index in [2.05, 4.69) is 33.7 Å². The van der Waals surface area contributed by atoms with Gasteiger partial charge in [0, 0.05) is 30.3 Å². The van der Waals surface area contributed by atoms with Crippen LogP contribution in [0.2, 0.25) is 0 Å². The number of aryl methyl sites for hydroxylation is 1. The lowest BCUT2D eigenvalue weighted by molar-refractivity contribution is 0.0899. The Hall–Kier alpha value is -1.16. The molecule has 3 heterocycles. The van der Waals surface area contributed by atoms with E-state index in [0.717, 1.165) is 5.82 Å². The van der Waals surface area contributed by atoms with Gasteiger partial charge >= 0.3 is 0 Å². The van der Waals surface area contributed by atoms with E-state index in [0.29, 0.717) is 5.41 Å². The van der Waals surface area contributed by atoms with Crippen molar-refractivity contribution in [2.75, 3.05) is 38.1 Å². The highest BCUT2D eigenvalue weighted by molar-refractivity contribution is 5.48. The summed E-state index contributed by atoms with van der Waals surface area (Å²) < 4.78 is 0. The molecule has 0 aromatic carbocycles. The first-order valence-corrected chi connectivity index (χ1v) is 6.39. The third-order valence-corrected chi connectivity index (χ3v) is 4.27. The molecule has 1 aromatic heterocycles. The summed E-state index contributed by atoms with van der Waals surface area (Å²) >= 11 is 0. The second kappa shape index (κ2) is 3.95. The maximum Gasteiger partial charge on any atom is 0.134 e. The zero-order valence-electron chi connectivity index (χ0n) is 10.7. The van der Waals surface area contributed by atoms with Crippen molar-refractivity contribution in [3.8, 4) is 0 Å². The second-order valence-corrected chi connectivity index (χ2v) is 5.69. The fourth-order valence-corrected chi connectivity index (χ4v) is 3.05. The Kier molecular flexibility index (Phi) is 2.54. The van der Waals surface area contributed by atoms with Crippen LogP contribution >= 0.6 is 0 Å². The highest BCUT2D eigenvalue weighted by Gasteiger charge is 2.45. The Balaban J connectivity index is 1.67. The molecule has 0 aliphatic carbocycles. The molecule has 2 aliphatic heterocycles. The molecule has 2 saturated heterocycles. The van der Waals surface area contributed by atoms with Crippen molar-refractivity contribution in [3.63, 3.8) is 0 Å². The minimum Gasteiger partial charge on any atom is -0.355 e. The summed E-state index contributed by atoms with van der Waals surface area (Å²) in [6, 6.07) is 0. The standard InChI is InChI=1S/C13H20N4/c1-11-7-14-10-15-12(11)17-8-13(9-17)3-5-16(2)6-4-13/h7,10H,3-6,8-9H2,1-2H3. The summed E-state index contributed by atoms with van der Waals surface area (Å²) in [4.78, 5) is 13.3. The van der Waals surface area contributed by atoms with Crippen molar-refractivity contribution < 1.29 is 0 Å². The van der Waals surface area contributed by atoms with Crippen molar-refractivity contribution in [2.24, 2.45) is 5.41 Å². The van der Waals surface area contributed by atoms with Crippen LogP contribution in [0.25, 0.3) is 0 Å². The molecule has 2 fully saturated rings. The van der Waals surface area contributed by atoms with Crippen LogP contribution in [-0.2, 0) is 0 Å². The van der Waals surface area contributed by atoms with Gasteiger partial charge in [0.2, 0.25) is 0 Å². The largest absolute Gasteiger partial charge is 0.355 e. The maximum atomic E-state index is 4.40. The van der Waals surface area contributed by atoms with E-state index in [-0.39, 0.29) is 0 Å². The predicted molar refractivity (Wildman–Crippen MR) is 68.1 cm³/mol. The average Bonchev–Trinajstić information content (AvgIpc) is 2.29. The molecular formula is C13H20N4. The van der Waals surface area contributed by atoms with E-state index in [1.807, 2.05) is 6.20 Å². The Morgan fingerprint density at radius 2 is 1.94 bits per heavy atom. The summed E-state index contributed by atoms with van der Waals surface area (Å²) in [5, 5.41) is 0. The Morgan fingerprint density at radius 3 is 2.59 bits per heavy atom. The van der Waals surface area contributed by atoms with Gasteiger partial charge in [-0.3, -0.25) is 0 Å². The molecule has 0 radical (unpaired) electrons. The van der Waals surface area contributed by atoms with Crippen molar-refractivity contribution >= 4 is 5.82 Å². The Bertz CT molecular complexity index is 402. The number of aromatic nitrogens is 2. The third-order valence-electron chi connectivity index (χ3n) is 4.27. The normalized spacial score (nSPS) is 23.8. The van der Waals surface area contributed by atoms with Crippen LogP contribution in [0.4, 0.5) is 5.82 Å². The van der Waals surface area contributed by atoms with Gasteiger partial charge in [0.05, 0.1) is 0 Å². The topological polar surface area (TPSA) is 32.3 Å². The van der Waals surface area contributed by atoms with Crippen LogP contribution < -0.4 is 4.90 Å². The molecule has 17 heavy (non-hydrogen) atoms. The van der Waals surface area contributed by atoms with Gasteiger partial charge in [-0.2, -0.15) is 0 Å². The molecule has 0 unspecified atom stereocenters. The molecule has 0 atom stereocenters. The van der Waals surface area contributed by atoms with E-state index in [9.17, 15) is 0 Å². The lowest BCUT2D eigenvalue weighted by atomic mass is 9.72. The molecule has 1 spiro atoms. The lowest BCUT2D eigenvalue weighted by Gasteiger charge is -2.54. The van der Waals surface area contributed by atoms with Crippen molar-refractivity contribution in [3.05, 3.63) is 18.1 Å². The summed E-state index contributed by atoms with van der Waals surface area (Å²) in [7, 11) is 2.22. The number of rotatable bonds is 1. The summed E-state index contributed by atoms with van der Waals surface area (Å²) in [6.07, 6.45) is 6.23. The quantitative estimate of drug-likeness (QED) is 0.731.